The van der Waals surface area contributed by atoms with Crippen LogP contribution in [0.4, 0.5) is 0 Å². The van der Waals surface area contributed by atoms with Gasteiger partial charge in [0.05, 0.1) is 26.4 Å². The lowest BCUT2D eigenvalue weighted by Gasteiger charge is -2.25. The molecule has 4 unspecified atom stereocenters. The van der Waals surface area contributed by atoms with E-state index in [2.05, 4.69) is 27.7 Å². The van der Waals surface area contributed by atoms with Crippen molar-refractivity contribution in [2.45, 2.75) is 46.3 Å². The van der Waals surface area contributed by atoms with E-state index in [1.807, 2.05) is 0 Å². The Labute approximate surface area is 135 Å². The first-order valence-electron chi connectivity index (χ1n) is 8.50. The Bertz CT molecular complexity index is 248. The minimum atomic E-state index is 0.237. The fourth-order valence-electron chi connectivity index (χ4n) is 2.16. The summed E-state index contributed by atoms with van der Waals surface area (Å²) in [6, 6.07) is 0. The molecule has 2 aliphatic rings. The van der Waals surface area contributed by atoms with Crippen molar-refractivity contribution in [3.8, 4) is 0 Å². The summed E-state index contributed by atoms with van der Waals surface area (Å²) in [5.41, 5.74) is 0. The van der Waals surface area contributed by atoms with E-state index in [0.717, 1.165) is 32.8 Å². The van der Waals surface area contributed by atoms with Crippen molar-refractivity contribution in [3.63, 3.8) is 0 Å². The maximum atomic E-state index is 9.14. The van der Waals surface area contributed by atoms with Crippen LogP contribution in [0.2, 0.25) is 0 Å². The number of hydrogen-bond acceptors (Lipinski definition) is 5. The smallest absolute Gasteiger partial charge is 0.104 e. The zero-order chi connectivity index (χ0) is 16.5. The molecule has 5 heteroatoms. The SMILES string of the molecule is C(OCC1CO1)C1CO1.CC(C)C(CO)CC(CO)C(C)C. The van der Waals surface area contributed by atoms with Gasteiger partial charge in [0.25, 0.3) is 0 Å². The summed E-state index contributed by atoms with van der Waals surface area (Å²) < 4.78 is 15.1. The second kappa shape index (κ2) is 10.6. The highest BCUT2D eigenvalue weighted by Crippen LogP contribution is 2.24. The van der Waals surface area contributed by atoms with Gasteiger partial charge in [0.15, 0.2) is 0 Å². The van der Waals surface area contributed by atoms with Crippen molar-refractivity contribution in [2.75, 3.05) is 39.6 Å². The Hall–Kier alpha value is -0.200. The average Bonchev–Trinajstić information content (AvgIpc) is 3.35. The molecule has 22 heavy (non-hydrogen) atoms. The molecule has 2 fully saturated rings. The zero-order valence-corrected chi connectivity index (χ0v) is 14.5. The van der Waals surface area contributed by atoms with Crippen LogP contribution >= 0.6 is 0 Å². The monoisotopic (exact) mass is 318 g/mol. The van der Waals surface area contributed by atoms with Crippen LogP contribution in [-0.4, -0.2) is 62.1 Å². The topological polar surface area (TPSA) is 74.8 Å². The highest BCUT2D eigenvalue weighted by Gasteiger charge is 2.26. The van der Waals surface area contributed by atoms with Gasteiger partial charge in [-0.2, -0.15) is 0 Å². The largest absolute Gasteiger partial charge is 0.396 e. The second-order valence-electron chi connectivity index (χ2n) is 7.06. The van der Waals surface area contributed by atoms with Crippen LogP contribution in [-0.2, 0) is 14.2 Å². The van der Waals surface area contributed by atoms with Gasteiger partial charge < -0.3 is 24.4 Å². The van der Waals surface area contributed by atoms with E-state index in [9.17, 15) is 0 Å². The van der Waals surface area contributed by atoms with Crippen molar-refractivity contribution in [1.82, 2.24) is 0 Å². The van der Waals surface area contributed by atoms with E-state index < -0.39 is 0 Å². The van der Waals surface area contributed by atoms with Gasteiger partial charge in [-0.1, -0.05) is 27.7 Å². The number of rotatable bonds is 10. The first-order chi connectivity index (χ1) is 10.5. The van der Waals surface area contributed by atoms with Crippen LogP contribution in [0.3, 0.4) is 0 Å². The van der Waals surface area contributed by atoms with Crippen molar-refractivity contribution in [3.05, 3.63) is 0 Å². The normalized spacial score (nSPS) is 25.6. The van der Waals surface area contributed by atoms with Gasteiger partial charge in [0.1, 0.15) is 12.2 Å². The minimum absolute atomic E-state index is 0.237. The maximum absolute atomic E-state index is 9.14. The van der Waals surface area contributed by atoms with Crippen molar-refractivity contribution >= 4 is 0 Å². The third-order valence-corrected chi connectivity index (χ3v) is 4.37. The van der Waals surface area contributed by atoms with Crippen LogP contribution in [0.15, 0.2) is 0 Å². The molecule has 2 saturated heterocycles. The fourth-order valence-corrected chi connectivity index (χ4v) is 2.16. The molecule has 132 valence electrons. The Morgan fingerprint density at radius 3 is 1.45 bits per heavy atom. The van der Waals surface area contributed by atoms with Crippen LogP contribution in [0.1, 0.15) is 34.1 Å². The van der Waals surface area contributed by atoms with E-state index >= 15 is 0 Å². The van der Waals surface area contributed by atoms with Crippen LogP contribution < -0.4 is 0 Å². The molecule has 2 rings (SSSR count). The Morgan fingerprint density at radius 1 is 0.864 bits per heavy atom. The lowest BCUT2D eigenvalue weighted by molar-refractivity contribution is 0.102. The fraction of sp³-hybridized carbons (Fsp3) is 1.00. The van der Waals surface area contributed by atoms with Gasteiger partial charge in [-0.15, -0.1) is 0 Å². The number of epoxide rings is 2. The summed E-state index contributed by atoms with van der Waals surface area (Å²) in [7, 11) is 0. The van der Waals surface area contributed by atoms with Gasteiger partial charge >= 0.3 is 0 Å². The van der Waals surface area contributed by atoms with Crippen molar-refractivity contribution in [1.29, 1.82) is 0 Å². The molecule has 2 aliphatic heterocycles. The molecule has 2 N–H and O–H groups in total. The van der Waals surface area contributed by atoms with Crippen LogP contribution in [0, 0.1) is 23.7 Å². The molecular formula is C17H34O5. The first kappa shape index (κ1) is 19.8. The lowest BCUT2D eigenvalue weighted by Crippen LogP contribution is -2.23. The van der Waals surface area contributed by atoms with E-state index in [1.54, 1.807) is 0 Å². The molecule has 0 bridgehead atoms. The Balaban J connectivity index is 0.000000231. The van der Waals surface area contributed by atoms with E-state index in [4.69, 9.17) is 24.4 Å². The molecule has 5 nitrogen and oxygen atoms in total. The summed E-state index contributed by atoms with van der Waals surface area (Å²) in [4.78, 5) is 0. The Morgan fingerprint density at radius 2 is 1.23 bits per heavy atom. The number of hydrogen-bond donors (Lipinski definition) is 2. The van der Waals surface area contributed by atoms with Gasteiger partial charge in [0.2, 0.25) is 0 Å². The van der Waals surface area contributed by atoms with Gasteiger partial charge in [0, 0.05) is 13.2 Å². The molecule has 0 aromatic heterocycles. The van der Waals surface area contributed by atoms with E-state index in [-0.39, 0.29) is 13.2 Å². The quantitative estimate of drug-likeness (QED) is 0.600. The number of aliphatic hydroxyl groups is 2. The summed E-state index contributed by atoms with van der Waals surface area (Å²) in [6.45, 7) is 12.2. The van der Waals surface area contributed by atoms with Crippen LogP contribution in [0.25, 0.3) is 0 Å². The minimum Gasteiger partial charge on any atom is -0.396 e. The summed E-state index contributed by atoms with van der Waals surface area (Å²) in [5.74, 6) is 1.66. The van der Waals surface area contributed by atoms with Gasteiger partial charge in [-0.25, -0.2) is 0 Å². The third kappa shape index (κ3) is 9.06. The van der Waals surface area contributed by atoms with Crippen molar-refractivity contribution in [2.24, 2.45) is 23.7 Å². The van der Waals surface area contributed by atoms with E-state index in [0.29, 0.717) is 35.9 Å². The number of aliphatic hydroxyl groups excluding tert-OH is 2. The molecule has 0 aliphatic carbocycles. The maximum Gasteiger partial charge on any atom is 0.104 e. The van der Waals surface area contributed by atoms with E-state index in [1.165, 1.54) is 0 Å². The first-order valence-corrected chi connectivity index (χ1v) is 8.50. The Kier molecular flexibility index (Phi) is 9.52. The molecule has 4 atom stereocenters. The lowest BCUT2D eigenvalue weighted by atomic mass is 9.82. The molecule has 0 spiro atoms. The molecule has 2 heterocycles. The predicted octanol–water partition coefficient (Wildman–Crippen LogP) is 1.71. The summed E-state index contributed by atoms with van der Waals surface area (Å²) >= 11 is 0. The van der Waals surface area contributed by atoms with Gasteiger partial charge in [-0.05, 0) is 30.1 Å². The molecule has 0 aromatic carbocycles. The van der Waals surface area contributed by atoms with Gasteiger partial charge in [-0.3, -0.25) is 0 Å². The second-order valence-corrected chi connectivity index (χ2v) is 7.06. The predicted molar refractivity (Wildman–Crippen MR) is 85.7 cm³/mol. The standard InChI is InChI=1S/C11H24O2.C6H10O3/c1-8(2)10(6-12)5-11(7-13)9(3)4;1(5-3-8-5)7-2-6-4-9-6/h8-13H,5-7H2,1-4H3;5-6H,1-4H2. The summed E-state index contributed by atoms with van der Waals surface area (Å²) in [6.07, 6.45) is 1.72. The summed E-state index contributed by atoms with van der Waals surface area (Å²) in [5, 5.41) is 18.3. The third-order valence-electron chi connectivity index (χ3n) is 4.37. The molecular weight excluding hydrogens is 284 g/mol. The highest BCUT2D eigenvalue weighted by molar-refractivity contribution is 4.71. The number of ether oxygens (including phenoxy) is 3. The van der Waals surface area contributed by atoms with Crippen molar-refractivity contribution < 1.29 is 24.4 Å². The molecule has 0 aromatic rings. The average molecular weight is 318 g/mol. The molecule has 0 saturated carbocycles. The zero-order valence-electron chi connectivity index (χ0n) is 14.5. The highest BCUT2D eigenvalue weighted by atomic mass is 16.6. The molecule has 0 amide bonds. The molecule has 0 radical (unpaired) electrons. The van der Waals surface area contributed by atoms with Crippen LogP contribution in [0.5, 0.6) is 0 Å².